The lowest BCUT2D eigenvalue weighted by atomic mass is 10.0. The number of aryl methyl sites for hydroxylation is 4. The lowest BCUT2D eigenvalue weighted by molar-refractivity contribution is -0.0315. The summed E-state index contributed by atoms with van der Waals surface area (Å²) in [5.74, 6) is 2.02. The van der Waals surface area contributed by atoms with Crippen LogP contribution in [-0.4, -0.2) is 36.7 Å². The van der Waals surface area contributed by atoms with Gasteiger partial charge in [0.2, 0.25) is 0 Å². The average Bonchev–Trinajstić information content (AvgIpc) is 3.13. The average molecular weight is 459 g/mol. The van der Waals surface area contributed by atoms with Gasteiger partial charge in [-0.1, -0.05) is 51.9 Å². The van der Waals surface area contributed by atoms with Gasteiger partial charge >= 0.3 is 0 Å². The van der Waals surface area contributed by atoms with Gasteiger partial charge in [0.1, 0.15) is 18.4 Å². The molecule has 2 aromatic rings. The largest absolute Gasteiger partial charge is 0.491 e. The number of unbranched alkanes of at least 4 members (excludes halogenated alkanes) is 8. The van der Waals surface area contributed by atoms with Gasteiger partial charge in [-0.3, -0.25) is 0 Å². The molecular formula is C28H46N2O3. The van der Waals surface area contributed by atoms with E-state index in [1.807, 2.05) is 0 Å². The van der Waals surface area contributed by atoms with Crippen molar-refractivity contribution in [3.05, 3.63) is 40.8 Å². The minimum atomic E-state index is 0.410. The number of rotatable bonds is 18. The zero-order valence-corrected chi connectivity index (χ0v) is 21.8. The Balaban J connectivity index is 1.85. The Bertz CT molecular complexity index is 781. The fourth-order valence-corrected chi connectivity index (χ4v) is 4.24. The molecule has 0 fully saturated rings. The van der Waals surface area contributed by atoms with Crippen LogP contribution in [-0.2, 0) is 15.9 Å². The van der Waals surface area contributed by atoms with Crippen molar-refractivity contribution >= 4 is 0 Å². The fourth-order valence-electron chi connectivity index (χ4n) is 4.24. The van der Waals surface area contributed by atoms with Gasteiger partial charge in [0, 0.05) is 25.1 Å². The van der Waals surface area contributed by atoms with Crippen molar-refractivity contribution in [3.8, 4) is 11.6 Å². The highest BCUT2D eigenvalue weighted by atomic mass is 16.7. The highest BCUT2D eigenvalue weighted by molar-refractivity contribution is 5.44. The van der Waals surface area contributed by atoms with Crippen molar-refractivity contribution < 1.29 is 14.2 Å². The van der Waals surface area contributed by atoms with Crippen LogP contribution in [0.1, 0.15) is 93.8 Å². The highest BCUT2D eigenvalue weighted by Gasteiger charge is 2.14. The normalized spacial score (nSPS) is 11.3. The van der Waals surface area contributed by atoms with Crippen LogP contribution in [0.15, 0.2) is 18.2 Å². The Morgan fingerprint density at radius 1 is 0.818 bits per heavy atom. The summed E-state index contributed by atoms with van der Waals surface area (Å²) in [5, 5.41) is 0. The summed E-state index contributed by atoms with van der Waals surface area (Å²) in [6.45, 7) is 10.6. The van der Waals surface area contributed by atoms with E-state index in [1.54, 1.807) is 7.11 Å². The van der Waals surface area contributed by atoms with Gasteiger partial charge < -0.3 is 18.8 Å². The summed E-state index contributed by atoms with van der Waals surface area (Å²) in [4.78, 5) is 5.08. The number of ether oxygens (including phenoxy) is 3. The molecule has 0 aliphatic rings. The molecule has 0 aliphatic carbocycles. The molecular weight excluding hydrogens is 412 g/mol. The molecule has 2 heterocycles. The Hall–Kier alpha value is -1.85. The monoisotopic (exact) mass is 458 g/mol. The molecule has 0 amide bonds. The molecule has 0 unspecified atom stereocenters. The molecule has 33 heavy (non-hydrogen) atoms. The molecule has 2 aromatic heterocycles. The number of nitrogens with zero attached hydrogens (tertiary/aromatic N) is 2. The van der Waals surface area contributed by atoms with E-state index < -0.39 is 0 Å². The first-order chi connectivity index (χ1) is 16.1. The summed E-state index contributed by atoms with van der Waals surface area (Å²) in [7, 11) is 1.67. The third kappa shape index (κ3) is 9.50. The second-order valence-corrected chi connectivity index (χ2v) is 9.12. The lowest BCUT2D eigenvalue weighted by Crippen LogP contribution is -2.09. The zero-order valence-electron chi connectivity index (χ0n) is 21.8. The van der Waals surface area contributed by atoms with E-state index in [4.69, 9.17) is 19.2 Å². The third-order valence-corrected chi connectivity index (χ3v) is 6.11. The fraction of sp³-hybridized carbons (Fsp3) is 0.679. The van der Waals surface area contributed by atoms with Gasteiger partial charge in [-0.15, -0.1) is 0 Å². The SMILES string of the molecule is CCCCOc1c(C)cc(-n2c(C)ccc2C)nc1CCCCCCCCCCOCOC. The summed E-state index contributed by atoms with van der Waals surface area (Å²) in [6, 6.07) is 6.49. The lowest BCUT2D eigenvalue weighted by Gasteiger charge is -2.17. The Kier molecular flexibility index (Phi) is 13.2. The van der Waals surface area contributed by atoms with Crippen molar-refractivity contribution in [2.75, 3.05) is 27.1 Å². The van der Waals surface area contributed by atoms with Crippen LogP contribution in [0.4, 0.5) is 0 Å². The predicted molar refractivity (Wildman–Crippen MR) is 137 cm³/mol. The Morgan fingerprint density at radius 2 is 1.45 bits per heavy atom. The first-order valence-electron chi connectivity index (χ1n) is 12.9. The van der Waals surface area contributed by atoms with Crippen LogP contribution in [0.25, 0.3) is 5.82 Å². The second-order valence-electron chi connectivity index (χ2n) is 9.12. The van der Waals surface area contributed by atoms with Gasteiger partial charge in [-0.25, -0.2) is 4.98 Å². The Morgan fingerprint density at radius 3 is 2.09 bits per heavy atom. The maximum Gasteiger partial charge on any atom is 0.146 e. The first-order valence-corrected chi connectivity index (χ1v) is 12.9. The van der Waals surface area contributed by atoms with Crippen LogP contribution >= 0.6 is 0 Å². The molecule has 0 aliphatic heterocycles. The van der Waals surface area contributed by atoms with Crippen LogP contribution in [0.3, 0.4) is 0 Å². The zero-order chi connectivity index (χ0) is 23.9. The van der Waals surface area contributed by atoms with Crippen molar-refractivity contribution in [3.63, 3.8) is 0 Å². The summed E-state index contributed by atoms with van der Waals surface area (Å²) >= 11 is 0. The quantitative estimate of drug-likeness (QED) is 0.174. The van der Waals surface area contributed by atoms with E-state index >= 15 is 0 Å². The number of methoxy groups -OCH3 is 1. The molecule has 0 aromatic carbocycles. The number of aromatic nitrogens is 2. The number of hydrogen-bond donors (Lipinski definition) is 0. The molecule has 0 saturated carbocycles. The van der Waals surface area contributed by atoms with Gasteiger partial charge in [-0.2, -0.15) is 0 Å². The van der Waals surface area contributed by atoms with E-state index in [2.05, 4.69) is 50.5 Å². The van der Waals surface area contributed by atoms with Crippen LogP contribution in [0.2, 0.25) is 0 Å². The van der Waals surface area contributed by atoms with Crippen LogP contribution in [0.5, 0.6) is 5.75 Å². The number of pyridine rings is 1. The summed E-state index contributed by atoms with van der Waals surface area (Å²) in [5.41, 5.74) is 4.74. The van der Waals surface area contributed by atoms with Gasteiger partial charge in [-0.05, 0) is 70.2 Å². The first kappa shape index (κ1) is 27.4. The molecule has 0 saturated heterocycles. The second kappa shape index (κ2) is 15.9. The highest BCUT2D eigenvalue weighted by Crippen LogP contribution is 2.28. The Labute approximate surface area is 201 Å². The molecule has 5 heteroatoms. The smallest absolute Gasteiger partial charge is 0.146 e. The minimum absolute atomic E-state index is 0.410. The molecule has 2 rings (SSSR count). The van der Waals surface area contributed by atoms with E-state index in [9.17, 15) is 0 Å². The van der Waals surface area contributed by atoms with E-state index in [0.717, 1.165) is 62.6 Å². The summed E-state index contributed by atoms with van der Waals surface area (Å²) in [6.07, 6.45) is 13.2. The maximum absolute atomic E-state index is 6.21. The van der Waals surface area contributed by atoms with Crippen molar-refractivity contribution in [2.45, 2.75) is 98.3 Å². The molecule has 186 valence electrons. The molecule has 0 atom stereocenters. The van der Waals surface area contributed by atoms with E-state index in [-0.39, 0.29) is 0 Å². The topological polar surface area (TPSA) is 45.5 Å². The van der Waals surface area contributed by atoms with Crippen molar-refractivity contribution in [1.82, 2.24) is 9.55 Å². The van der Waals surface area contributed by atoms with Crippen molar-refractivity contribution in [1.29, 1.82) is 0 Å². The minimum Gasteiger partial charge on any atom is -0.491 e. The van der Waals surface area contributed by atoms with Gasteiger partial charge in [0.05, 0.1) is 12.3 Å². The van der Waals surface area contributed by atoms with Crippen LogP contribution in [0, 0.1) is 20.8 Å². The number of hydrogen-bond acceptors (Lipinski definition) is 4. The molecule has 0 N–H and O–H groups in total. The molecule has 0 bridgehead atoms. The molecule has 0 spiro atoms. The van der Waals surface area contributed by atoms with Gasteiger partial charge in [0.25, 0.3) is 0 Å². The van der Waals surface area contributed by atoms with Crippen molar-refractivity contribution in [2.24, 2.45) is 0 Å². The standard InChI is InChI=1S/C28H46N2O3/c1-6-7-20-33-28-23(2)21-27(30-24(3)17-18-25(30)4)29-26(28)16-14-12-10-8-9-11-13-15-19-32-22-31-5/h17-18,21H,6-16,19-20,22H2,1-5H3. The summed E-state index contributed by atoms with van der Waals surface area (Å²) < 4.78 is 18.7. The van der Waals surface area contributed by atoms with E-state index in [0.29, 0.717) is 6.79 Å². The molecule has 5 nitrogen and oxygen atoms in total. The van der Waals surface area contributed by atoms with Gasteiger partial charge in [0.15, 0.2) is 0 Å². The molecule has 0 radical (unpaired) electrons. The predicted octanol–water partition coefficient (Wildman–Crippen LogP) is 7.26. The third-order valence-electron chi connectivity index (χ3n) is 6.11. The maximum atomic E-state index is 6.21. The van der Waals surface area contributed by atoms with E-state index in [1.165, 1.54) is 55.5 Å². The van der Waals surface area contributed by atoms with Crippen LogP contribution < -0.4 is 4.74 Å².